The topological polar surface area (TPSA) is 90.9 Å². The molecule has 140 valence electrons. The Labute approximate surface area is 161 Å². The minimum absolute atomic E-state index is 0.350. The second kappa shape index (κ2) is 6.05. The lowest BCUT2D eigenvalue weighted by Gasteiger charge is -2.04. The second-order valence-corrected chi connectivity index (χ2v) is 7.35. The van der Waals surface area contributed by atoms with Gasteiger partial charge in [-0.05, 0) is 61.6 Å². The first-order chi connectivity index (χ1) is 13.5. The van der Waals surface area contributed by atoms with E-state index in [2.05, 4.69) is 21.2 Å². The van der Waals surface area contributed by atoms with E-state index in [4.69, 9.17) is 10.2 Å². The first kappa shape index (κ1) is 16.7. The number of aldehydes is 1. The summed E-state index contributed by atoms with van der Waals surface area (Å²) in [5.41, 5.74) is 6.27. The number of aromatic nitrogens is 7. The average molecular weight is 373 g/mol. The third-order valence-corrected chi connectivity index (χ3v) is 5.40. The minimum Gasteiger partial charge on any atom is -0.296 e. The molecule has 1 aliphatic rings. The predicted octanol–water partition coefficient (Wildman–Crippen LogP) is 2.62. The van der Waals surface area contributed by atoms with E-state index in [0.717, 1.165) is 52.4 Å². The molecule has 5 rings (SSSR count). The molecule has 0 spiro atoms. The van der Waals surface area contributed by atoms with Crippen LogP contribution in [0.1, 0.15) is 51.4 Å². The summed E-state index contributed by atoms with van der Waals surface area (Å²) < 4.78 is 3.65. The summed E-state index contributed by atoms with van der Waals surface area (Å²) in [5.74, 6) is 1.48. The molecule has 0 saturated heterocycles. The summed E-state index contributed by atoms with van der Waals surface area (Å²) in [5, 5.41) is 17.7. The van der Waals surface area contributed by atoms with Gasteiger partial charge >= 0.3 is 0 Å². The molecule has 0 N–H and O–H groups in total. The molecular formula is C20H19N7O. The molecule has 1 saturated carbocycles. The Morgan fingerprint density at radius 3 is 2.79 bits per heavy atom. The van der Waals surface area contributed by atoms with Gasteiger partial charge in [0, 0.05) is 19.2 Å². The van der Waals surface area contributed by atoms with Crippen LogP contribution in [0.4, 0.5) is 0 Å². The Balaban J connectivity index is 1.48. The summed E-state index contributed by atoms with van der Waals surface area (Å²) in [7, 11) is 1.94. The molecule has 2 unspecified atom stereocenters. The van der Waals surface area contributed by atoms with Crippen molar-refractivity contribution in [2.24, 2.45) is 7.05 Å². The van der Waals surface area contributed by atoms with E-state index in [-0.39, 0.29) is 0 Å². The number of carbonyl (C=O) groups excluding carboxylic acids is 1. The van der Waals surface area contributed by atoms with Crippen molar-refractivity contribution in [2.75, 3.05) is 0 Å². The minimum atomic E-state index is 0.350. The lowest BCUT2D eigenvalue weighted by molar-refractivity contribution is 0.111. The SMILES string of the molecule is Cc1cc(-c2cc(C3CC3c3ccnc(C=O)c3)nn2C)nn2c(C)nnc12. The molecule has 4 aromatic rings. The van der Waals surface area contributed by atoms with Gasteiger partial charge in [0.05, 0.1) is 11.4 Å². The molecule has 0 bridgehead atoms. The van der Waals surface area contributed by atoms with Gasteiger partial charge < -0.3 is 0 Å². The van der Waals surface area contributed by atoms with Crippen molar-refractivity contribution >= 4 is 11.9 Å². The summed E-state index contributed by atoms with van der Waals surface area (Å²) >= 11 is 0. The van der Waals surface area contributed by atoms with E-state index in [1.807, 2.05) is 43.8 Å². The second-order valence-electron chi connectivity index (χ2n) is 7.35. The van der Waals surface area contributed by atoms with Gasteiger partial charge in [0.2, 0.25) is 0 Å². The number of nitrogens with zero attached hydrogens (tertiary/aromatic N) is 7. The maximum absolute atomic E-state index is 11.0. The highest BCUT2D eigenvalue weighted by molar-refractivity contribution is 5.72. The van der Waals surface area contributed by atoms with Crippen molar-refractivity contribution in [3.8, 4) is 11.4 Å². The molecule has 0 radical (unpaired) electrons. The summed E-state index contributed by atoms with van der Waals surface area (Å²) in [6, 6.07) is 7.98. The standard InChI is InChI=1S/C20H19N7O/c1-11-6-18(25-27-12(2)22-23-20(11)27)19-9-17(24-26(19)3)16-8-15(16)13-4-5-21-14(7-13)10-28/h4-7,9-10,15-16H,8H2,1-3H3. The third kappa shape index (κ3) is 2.60. The van der Waals surface area contributed by atoms with Crippen LogP contribution in [0, 0.1) is 13.8 Å². The van der Waals surface area contributed by atoms with Gasteiger partial charge in [-0.25, -0.2) is 0 Å². The molecule has 1 fully saturated rings. The monoisotopic (exact) mass is 373 g/mol. The van der Waals surface area contributed by atoms with Gasteiger partial charge in [-0.3, -0.25) is 14.5 Å². The summed E-state index contributed by atoms with van der Waals surface area (Å²) in [6.07, 6.45) is 3.51. The van der Waals surface area contributed by atoms with Gasteiger partial charge in [0.25, 0.3) is 0 Å². The van der Waals surface area contributed by atoms with Crippen LogP contribution >= 0.6 is 0 Å². The number of pyridine rings is 1. The van der Waals surface area contributed by atoms with Crippen LogP contribution in [0.3, 0.4) is 0 Å². The van der Waals surface area contributed by atoms with Crippen molar-refractivity contribution in [2.45, 2.75) is 32.1 Å². The molecule has 2 atom stereocenters. The van der Waals surface area contributed by atoms with Crippen LogP contribution in [0.15, 0.2) is 30.5 Å². The molecule has 4 aromatic heterocycles. The van der Waals surface area contributed by atoms with Crippen LogP contribution in [-0.2, 0) is 7.05 Å². The highest BCUT2D eigenvalue weighted by atomic mass is 16.1. The number of hydrogen-bond acceptors (Lipinski definition) is 6. The van der Waals surface area contributed by atoms with Gasteiger partial charge in [-0.15, -0.1) is 10.2 Å². The van der Waals surface area contributed by atoms with Crippen molar-refractivity contribution < 1.29 is 4.79 Å². The van der Waals surface area contributed by atoms with Gasteiger partial charge in [0.1, 0.15) is 11.4 Å². The van der Waals surface area contributed by atoms with E-state index in [1.54, 1.807) is 10.7 Å². The van der Waals surface area contributed by atoms with Gasteiger partial charge in [0.15, 0.2) is 17.8 Å². The van der Waals surface area contributed by atoms with Crippen molar-refractivity contribution in [3.63, 3.8) is 0 Å². The third-order valence-electron chi connectivity index (χ3n) is 5.40. The molecule has 28 heavy (non-hydrogen) atoms. The zero-order valence-electron chi connectivity index (χ0n) is 15.9. The lowest BCUT2D eigenvalue weighted by Crippen LogP contribution is -2.02. The normalized spacial score (nSPS) is 18.5. The molecule has 0 aromatic carbocycles. The van der Waals surface area contributed by atoms with Crippen molar-refractivity contribution in [1.29, 1.82) is 0 Å². The molecule has 0 amide bonds. The van der Waals surface area contributed by atoms with E-state index in [9.17, 15) is 4.79 Å². The van der Waals surface area contributed by atoms with Crippen molar-refractivity contribution in [1.82, 2.24) is 34.6 Å². The highest BCUT2D eigenvalue weighted by Crippen LogP contribution is 2.54. The maximum atomic E-state index is 11.0. The molecule has 1 aliphatic carbocycles. The molecule has 8 nitrogen and oxygen atoms in total. The lowest BCUT2D eigenvalue weighted by atomic mass is 10.1. The Hall–Kier alpha value is -3.42. The highest BCUT2D eigenvalue weighted by Gasteiger charge is 2.41. The number of fused-ring (bicyclic) bond motifs is 1. The summed E-state index contributed by atoms with van der Waals surface area (Å²) in [4.78, 5) is 15.0. The number of hydrogen-bond donors (Lipinski definition) is 0. The van der Waals surface area contributed by atoms with E-state index < -0.39 is 0 Å². The quantitative estimate of drug-likeness (QED) is 0.511. The smallest absolute Gasteiger partial charge is 0.180 e. The van der Waals surface area contributed by atoms with E-state index in [0.29, 0.717) is 17.5 Å². The fourth-order valence-corrected chi connectivity index (χ4v) is 3.82. The zero-order chi connectivity index (χ0) is 19.4. The van der Waals surface area contributed by atoms with Crippen LogP contribution in [0.2, 0.25) is 0 Å². The van der Waals surface area contributed by atoms with Crippen LogP contribution in [0.5, 0.6) is 0 Å². The molecule has 4 heterocycles. The van der Waals surface area contributed by atoms with Crippen LogP contribution in [0.25, 0.3) is 17.0 Å². The fraction of sp³-hybridized carbons (Fsp3) is 0.300. The van der Waals surface area contributed by atoms with E-state index >= 15 is 0 Å². The number of rotatable bonds is 4. The van der Waals surface area contributed by atoms with E-state index in [1.165, 1.54) is 0 Å². The molecule has 0 aliphatic heterocycles. The Morgan fingerprint density at radius 2 is 1.96 bits per heavy atom. The average Bonchev–Trinajstić information content (AvgIpc) is 3.28. The largest absolute Gasteiger partial charge is 0.296 e. The Bertz CT molecular complexity index is 1220. The molecular weight excluding hydrogens is 354 g/mol. The zero-order valence-corrected chi connectivity index (χ0v) is 15.9. The fourth-order valence-electron chi connectivity index (χ4n) is 3.82. The Kier molecular flexibility index (Phi) is 3.61. The summed E-state index contributed by atoms with van der Waals surface area (Å²) in [6.45, 7) is 3.90. The van der Waals surface area contributed by atoms with Crippen LogP contribution < -0.4 is 0 Å². The first-order valence-corrected chi connectivity index (χ1v) is 9.20. The van der Waals surface area contributed by atoms with Crippen molar-refractivity contribution in [3.05, 3.63) is 58.8 Å². The van der Waals surface area contributed by atoms with Crippen LogP contribution in [-0.4, -0.2) is 40.9 Å². The number of aryl methyl sites for hydroxylation is 3. The van der Waals surface area contributed by atoms with Gasteiger partial charge in [-0.2, -0.15) is 14.7 Å². The molecule has 8 heteroatoms. The maximum Gasteiger partial charge on any atom is 0.180 e. The number of carbonyl (C=O) groups is 1. The van der Waals surface area contributed by atoms with Gasteiger partial charge in [-0.1, -0.05) is 0 Å². The first-order valence-electron chi connectivity index (χ1n) is 9.20. The predicted molar refractivity (Wildman–Crippen MR) is 102 cm³/mol. The Morgan fingerprint density at radius 1 is 1.11 bits per heavy atom.